The number of aryl methyl sites for hydroxylation is 1. The van der Waals surface area contributed by atoms with Gasteiger partial charge in [0.15, 0.2) is 4.21 Å². The van der Waals surface area contributed by atoms with Crippen molar-refractivity contribution in [3.8, 4) is 0 Å². The topological polar surface area (TPSA) is 134 Å². The van der Waals surface area contributed by atoms with Crippen molar-refractivity contribution in [2.75, 3.05) is 18.4 Å². The highest BCUT2D eigenvalue weighted by Gasteiger charge is 2.20. The fraction of sp³-hybridized carbons (Fsp3) is 0.250. The lowest BCUT2D eigenvalue weighted by atomic mass is 10.2. The molecule has 24 heavy (non-hydrogen) atoms. The molecule has 3 N–H and O–H groups in total. The number of benzene rings is 1. The first kappa shape index (κ1) is 18.6. The molecule has 0 atom stereocenters. The molecule has 1 heterocycles. The Labute approximate surface area is 149 Å². The Morgan fingerprint density at radius 3 is 2.67 bits per heavy atom. The second-order valence-corrected chi connectivity index (χ2v) is 8.53. The van der Waals surface area contributed by atoms with Crippen LogP contribution in [0.5, 0.6) is 0 Å². The lowest BCUT2D eigenvalue weighted by molar-refractivity contribution is -0.384. The van der Waals surface area contributed by atoms with Crippen LogP contribution < -0.4 is 14.9 Å². The number of halogens is 1. The molecule has 0 spiro atoms. The second kappa shape index (κ2) is 7.42. The summed E-state index contributed by atoms with van der Waals surface area (Å²) < 4.78 is 27.0. The molecule has 12 heteroatoms. The van der Waals surface area contributed by atoms with E-state index in [0.29, 0.717) is 15.8 Å². The second-order valence-electron chi connectivity index (χ2n) is 4.67. The summed E-state index contributed by atoms with van der Waals surface area (Å²) in [5, 5.41) is 13.8. The first-order valence-electron chi connectivity index (χ1n) is 6.58. The Bertz CT molecular complexity index is 922. The van der Waals surface area contributed by atoms with Crippen LogP contribution in [-0.2, 0) is 10.0 Å². The van der Waals surface area contributed by atoms with Crippen molar-refractivity contribution in [1.82, 2.24) is 9.71 Å². The molecule has 0 amide bonds. The number of aromatic amines is 1. The van der Waals surface area contributed by atoms with Crippen LogP contribution in [0.4, 0.5) is 11.4 Å². The minimum Gasteiger partial charge on any atom is -0.378 e. The maximum atomic E-state index is 12.1. The minimum absolute atomic E-state index is 0.00107. The lowest BCUT2D eigenvalue weighted by Crippen LogP contribution is -2.29. The number of sulfonamides is 1. The quantitative estimate of drug-likeness (QED) is 0.344. The molecule has 0 aliphatic carbocycles. The van der Waals surface area contributed by atoms with Crippen molar-refractivity contribution < 1.29 is 13.3 Å². The number of nitro groups is 1. The van der Waals surface area contributed by atoms with Crippen LogP contribution in [0.25, 0.3) is 0 Å². The third-order valence-corrected chi connectivity index (χ3v) is 6.47. The van der Waals surface area contributed by atoms with Gasteiger partial charge in [0.05, 0.1) is 4.92 Å². The van der Waals surface area contributed by atoms with Crippen molar-refractivity contribution in [3.63, 3.8) is 0 Å². The Morgan fingerprint density at radius 2 is 2.08 bits per heavy atom. The van der Waals surface area contributed by atoms with Crippen molar-refractivity contribution in [2.45, 2.75) is 11.1 Å². The molecule has 1 aromatic carbocycles. The van der Waals surface area contributed by atoms with Crippen molar-refractivity contribution in [2.24, 2.45) is 0 Å². The predicted octanol–water partition coefficient (Wildman–Crippen LogP) is 1.81. The number of H-pyrrole nitrogens is 1. The van der Waals surface area contributed by atoms with E-state index in [9.17, 15) is 23.3 Å². The molecule has 2 aromatic rings. The number of hydrogen-bond acceptors (Lipinski definition) is 7. The average molecular weight is 437 g/mol. The highest BCUT2D eigenvalue weighted by atomic mass is 79.9. The summed E-state index contributed by atoms with van der Waals surface area (Å²) in [7, 11) is -3.80. The zero-order valence-corrected chi connectivity index (χ0v) is 15.5. The smallest absolute Gasteiger partial charge is 0.305 e. The largest absolute Gasteiger partial charge is 0.378 e. The highest BCUT2D eigenvalue weighted by molar-refractivity contribution is 9.10. The van der Waals surface area contributed by atoms with Gasteiger partial charge in [0.25, 0.3) is 15.7 Å². The van der Waals surface area contributed by atoms with Gasteiger partial charge in [-0.1, -0.05) is 27.3 Å². The Morgan fingerprint density at radius 1 is 1.38 bits per heavy atom. The van der Waals surface area contributed by atoms with Gasteiger partial charge in [-0.25, -0.2) is 13.1 Å². The maximum Gasteiger partial charge on any atom is 0.305 e. The fourth-order valence-electron chi connectivity index (χ4n) is 1.90. The van der Waals surface area contributed by atoms with Gasteiger partial charge in [-0.3, -0.25) is 14.9 Å². The van der Waals surface area contributed by atoms with E-state index in [4.69, 9.17) is 0 Å². The zero-order valence-electron chi connectivity index (χ0n) is 12.3. The van der Waals surface area contributed by atoms with E-state index in [1.165, 1.54) is 19.1 Å². The van der Waals surface area contributed by atoms with E-state index in [-0.39, 0.29) is 34.4 Å². The monoisotopic (exact) mass is 436 g/mol. The van der Waals surface area contributed by atoms with Crippen LogP contribution in [0.1, 0.15) is 5.69 Å². The first-order chi connectivity index (χ1) is 11.2. The van der Waals surface area contributed by atoms with E-state index in [2.05, 4.69) is 31.0 Å². The molecule has 2 rings (SSSR count). The molecule has 0 saturated heterocycles. The number of rotatable bonds is 7. The average Bonchev–Trinajstić information content (AvgIpc) is 2.84. The highest BCUT2D eigenvalue weighted by Crippen LogP contribution is 2.27. The Hall–Kier alpha value is -1.76. The molecule has 9 nitrogen and oxygen atoms in total. The summed E-state index contributed by atoms with van der Waals surface area (Å²) >= 11 is 3.76. The number of nitro benzene ring substituents is 1. The van der Waals surface area contributed by atoms with E-state index in [1.807, 2.05) is 0 Å². The number of hydrogen-bond donors (Lipinski definition) is 3. The van der Waals surface area contributed by atoms with Crippen LogP contribution in [0.2, 0.25) is 0 Å². The van der Waals surface area contributed by atoms with Gasteiger partial charge in [0, 0.05) is 29.3 Å². The van der Waals surface area contributed by atoms with Crippen molar-refractivity contribution in [3.05, 3.63) is 48.1 Å². The zero-order chi connectivity index (χ0) is 17.9. The van der Waals surface area contributed by atoms with E-state index in [0.717, 1.165) is 0 Å². The molecule has 0 aliphatic heterocycles. The third kappa shape index (κ3) is 4.41. The predicted molar refractivity (Wildman–Crippen MR) is 94.2 cm³/mol. The van der Waals surface area contributed by atoms with Gasteiger partial charge in [-0.05, 0) is 19.1 Å². The maximum absolute atomic E-state index is 12.1. The van der Waals surface area contributed by atoms with Crippen molar-refractivity contribution in [1.29, 1.82) is 0 Å². The van der Waals surface area contributed by atoms with Gasteiger partial charge in [0.2, 0.25) is 0 Å². The number of nitrogens with zero attached hydrogens (tertiary/aromatic N) is 1. The Balaban J connectivity index is 2.00. The molecule has 130 valence electrons. The van der Waals surface area contributed by atoms with Gasteiger partial charge >= 0.3 is 4.87 Å². The molecular weight excluding hydrogens is 424 g/mol. The molecule has 1 aromatic heterocycles. The lowest BCUT2D eigenvalue weighted by Gasteiger charge is -2.09. The molecule has 0 radical (unpaired) electrons. The summed E-state index contributed by atoms with van der Waals surface area (Å²) in [5.74, 6) is 0. The van der Waals surface area contributed by atoms with E-state index < -0.39 is 19.8 Å². The SMILES string of the molecule is Cc1[nH]c(=O)sc1S(=O)(=O)NCCNc1ccc(Br)cc1[N+](=O)[O-]. The van der Waals surface area contributed by atoms with Crippen LogP contribution >= 0.6 is 27.3 Å². The van der Waals surface area contributed by atoms with E-state index >= 15 is 0 Å². The third-order valence-electron chi connectivity index (χ3n) is 2.91. The molecular formula is C12H13BrN4O5S2. The van der Waals surface area contributed by atoms with Gasteiger partial charge in [0.1, 0.15) is 5.69 Å². The number of nitrogens with one attached hydrogen (secondary N) is 3. The number of thiazole rings is 1. The normalized spacial score (nSPS) is 11.4. The van der Waals surface area contributed by atoms with Crippen LogP contribution in [0.3, 0.4) is 0 Å². The summed E-state index contributed by atoms with van der Waals surface area (Å²) in [4.78, 5) is 23.6. The molecule has 0 unspecified atom stereocenters. The van der Waals surface area contributed by atoms with Gasteiger partial charge in [-0.15, -0.1) is 0 Å². The minimum atomic E-state index is -3.80. The summed E-state index contributed by atoms with van der Waals surface area (Å²) in [5.41, 5.74) is 0.436. The number of anilines is 1. The summed E-state index contributed by atoms with van der Waals surface area (Å²) in [6.07, 6.45) is 0. The summed E-state index contributed by atoms with van der Waals surface area (Å²) in [6, 6.07) is 4.52. The standard InChI is InChI=1S/C12H13BrN4O5S2/c1-7-11(23-12(18)16-7)24(21,22)15-5-4-14-9-3-2-8(13)6-10(9)17(19)20/h2-3,6,14-15H,4-5H2,1H3,(H,16,18). The van der Waals surface area contributed by atoms with Gasteiger partial charge < -0.3 is 10.3 Å². The molecule has 0 saturated carbocycles. The molecule has 0 fully saturated rings. The first-order valence-corrected chi connectivity index (χ1v) is 9.67. The van der Waals surface area contributed by atoms with Gasteiger partial charge in [-0.2, -0.15) is 0 Å². The van der Waals surface area contributed by atoms with Crippen LogP contribution in [-0.4, -0.2) is 31.4 Å². The van der Waals surface area contributed by atoms with Crippen LogP contribution in [0, 0.1) is 17.0 Å². The number of aromatic nitrogens is 1. The van der Waals surface area contributed by atoms with Crippen LogP contribution in [0.15, 0.2) is 31.7 Å². The fourth-order valence-corrected chi connectivity index (χ4v) is 4.62. The molecule has 0 bridgehead atoms. The summed E-state index contributed by atoms with van der Waals surface area (Å²) in [6.45, 7) is 1.64. The Kier molecular flexibility index (Phi) is 5.74. The van der Waals surface area contributed by atoms with Crippen molar-refractivity contribution >= 4 is 48.7 Å². The molecule has 0 aliphatic rings. The van der Waals surface area contributed by atoms with E-state index in [1.54, 1.807) is 6.07 Å².